The first-order valence-corrected chi connectivity index (χ1v) is 5.45. The zero-order valence-electron chi connectivity index (χ0n) is 10.4. The predicted molar refractivity (Wildman–Crippen MR) is 63.5 cm³/mol. The van der Waals surface area contributed by atoms with Crippen LogP contribution < -0.4 is 10.3 Å². The number of carboxylic acid groups (broad SMARTS) is 1. The minimum absolute atomic E-state index is 0.0280. The van der Waals surface area contributed by atoms with Gasteiger partial charge >= 0.3 is 5.97 Å². The van der Waals surface area contributed by atoms with Crippen molar-refractivity contribution in [3.05, 3.63) is 28.2 Å². The minimum Gasteiger partial charge on any atom is -0.489 e. The lowest BCUT2D eigenvalue weighted by atomic mass is 10.2. The Morgan fingerprint density at radius 2 is 2.00 bits per heavy atom. The van der Waals surface area contributed by atoms with E-state index in [1.165, 1.54) is 19.2 Å². The van der Waals surface area contributed by atoms with Crippen LogP contribution >= 0.6 is 0 Å². The molecule has 0 aromatic carbocycles. The Morgan fingerprint density at radius 3 is 2.47 bits per heavy atom. The van der Waals surface area contributed by atoms with Crippen LogP contribution in [0.4, 0.5) is 0 Å². The lowest BCUT2D eigenvalue weighted by Gasteiger charge is -2.16. The summed E-state index contributed by atoms with van der Waals surface area (Å²) in [6, 6.07) is 0.481. The van der Waals surface area contributed by atoms with Crippen LogP contribution in [0.3, 0.4) is 0 Å². The van der Waals surface area contributed by atoms with Crippen molar-refractivity contribution in [2.75, 3.05) is 0 Å². The largest absolute Gasteiger partial charge is 0.489 e. The third-order valence-electron chi connectivity index (χ3n) is 2.38. The highest BCUT2D eigenvalue weighted by atomic mass is 16.5. The molecule has 0 aliphatic rings. The van der Waals surface area contributed by atoms with Crippen molar-refractivity contribution in [2.24, 2.45) is 0 Å². The Kier molecular flexibility index (Phi) is 3.93. The number of hydrogen-bond donors (Lipinski definition) is 1. The average molecular weight is 239 g/mol. The zero-order chi connectivity index (χ0) is 13.2. The molecule has 1 N–H and O–H groups in total. The van der Waals surface area contributed by atoms with Gasteiger partial charge in [-0.1, -0.05) is 0 Å². The van der Waals surface area contributed by atoms with Gasteiger partial charge < -0.3 is 9.84 Å². The van der Waals surface area contributed by atoms with Crippen molar-refractivity contribution in [1.29, 1.82) is 0 Å². The van der Waals surface area contributed by atoms with Gasteiger partial charge in [-0.2, -0.15) is 0 Å². The minimum atomic E-state index is -1.05. The van der Waals surface area contributed by atoms with E-state index in [1.54, 1.807) is 6.92 Å². The number of ether oxygens (including phenoxy) is 1. The van der Waals surface area contributed by atoms with E-state index in [4.69, 9.17) is 9.84 Å². The second-order valence-corrected chi connectivity index (χ2v) is 4.25. The van der Waals surface area contributed by atoms with Crippen LogP contribution in [0.1, 0.15) is 32.4 Å². The Morgan fingerprint density at radius 1 is 1.41 bits per heavy atom. The van der Waals surface area contributed by atoms with Gasteiger partial charge in [0.05, 0.1) is 12.3 Å². The van der Waals surface area contributed by atoms with E-state index in [0.29, 0.717) is 11.3 Å². The Bertz CT molecular complexity index is 476. The molecule has 1 atom stereocenters. The van der Waals surface area contributed by atoms with Gasteiger partial charge in [0, 0.05) is 6.07 Å². The maximum absolute atomic E-state index is 11.7. The second kappa shape index (κ2) is 5.03. The maximum atomic E-state index is 11.7. The molecule has 5 heteroatoms. The van der Waals surface area contributed by atoms with E-state index in [9.17, 15) is 9.59 Å². The molecule has 5 nitrogen and oxygen atoms in total. The topological polar surface area (TPSA) is 68.5 Å². The summed E-state index contributed by atoms with van der Waals surface area (Å²) in [7, 11) is 0. The van der Waals surface area contributed by atoms with Crippen molar-refractivity contribution in [1.82, 2.24) is 4.57 Å². The standard InChI is InChI=1S/C12H17NO4/c1-7(2)17-10-6-13(9(4)12(15)16)11(14)5-8(10)3/h5-7,9H,1-4H3,(H,15,16). The SMILES string of the molecule is Cc1cc(=O)n(C(C)C(=O)O)cc1OC(C)C. The summed E-state index contributed by atoms with van der Waals surface area (Å²) in [5.74, 6) is -0.515. The number of nitrogens with zero attached hydrogens (tertiary/aromatic N) is 1. The van der Waals surface area contributed by atoms with Crippen molar-refractivity contribution >= 4 is 5.97 Å². The molecule has 0 spiro atoms. The van der Waals surface area contributed by atoms with Crippen LogP contribution in [0.2, 0.25) is 0 Å². The number of aromatic nitrogens is 1. The molecule has 0 fully saturated rings. The first kappa shape index (κ1) is 13.3. The van der Waals surface area contributed by atoms with E-state index in [1.807, 2.05) is 13.8 Å². The molecule has 1 unspecified atom stereocenters. The van der Waals surface area contributed by atoms with Gasteiger partial charge in [-0.25, -0.2) is 4.79 Å². The summed E-state index contributed by atoms with van der Waals surface area (Å²) < 4.78 is 6.68. The van der Waals surface area contributed by atoms with Gasteiger partial charge in [0.1, 0.15) is 11.8 Å². The van der Waals surface area contributed by atoms with E-state index in [-0.39, 0.29) is 11.7 Å². The van der Waals surface area contributed by atoms with Gasteiger partial charge in [-0.05, 0) is 33.3 Å². The first-order valence-electron chi connectivity index (χ1n) is 5.45. The maximum Gasteiger partial charge on any atom is 0.326 e. The van der Waals surface area contributed by atoms with Gasteiger partial charge in [0.25, 0.3) is 5.56 Å². The molecule has 0 aliphatic heterocycles. The fourth-order valence-electron chi connectivity index (χ4n) is 1.42. The molecule has 1 aromatic rings. The summed E-state index contributed by atoms with van der Waals surface area (Å²) in [6.45, 7) is 6.96. The number of aliphatic carboxylic acids is 1. The fourth-order valence-corrected chi connectivity index (χ4v) is 1.42. The lowest BCUT2D eigenvalue weighted by molar-refractivity contribution is -0.140. The van der Waals surface area contributed by atoms with Crippen molar-refractivity contribution in [3.63, 3.8) is 0 Å². The Labute approximate surface area is 99.6 Å². The Balaban J connectivity index is 3.23. The third kappa shape index (κ3) is 3.09. The molecule has 0 saturated heterocycles. The quantitative estimate of drug-likeness (QED) is 0.866. The number of carboxylic acids is 1. The van der Waals surface area contributed by atoms with Gasteiger partial charge in [0.15, 0.2) is 0 Å². The highest BCUT2D eigenvalue weighted by molar-refractivity contribution is 5.71. The van der Waals surface area contributed by atoms with Gasteiger partial charge in [-0.3, -0.25) is 9.36 Å². The molecule has 1 heterocycles. The molecule has 0 aliphatic carbocycles. The average Bonchev–Trinajstić information content (AvgIpc) is 2.20. The molecule has 0 bridgehead atoms. The van der Waals surface area contributed by atoms with E-state index >= 15 is 0 Å². The summed E-state index contributed by atoms with van der Waals surface area (Å²) >= 11 is 0. The molecule has 0 saturated carbocycles. The van der Waals surface area contributed by atoms with Gasteiger partial charge in [-0.15, -0.1) is 0 Å². The summed E-state index contributed by atoms with van der Waals surface area (Å²) in [6.07, 6.45) is 1.43. The number of carbonyl (C=O) groups is 1. The van der Waals surface area contributed by atoms with Crippen LogP contribution in [0, 0.1) is 6.92 Å². The smallest absolute Gasteiger partial charge is 0.326 e. The summed E-state index contributed by atoms with van der Waals surface area (Å²) in [5, 5.41) is 8.90. The number of rotatable bonds is 4. The van der Waals surface area contributed by atoms with Crippen molar-refractivity contribution < 1.29 is 14.6 Å². The lowest BCUT2D eigenvalue weighted by Crippen LogP contribution is -2.28. The van der Waals surface area contributed by atoms with Gasteiger partial charge in [0.2, 0.25) is 0 Å². The highest BCUT2D eigenvalue weighted by Gasteiger charge is 2.16. The molecule has 0 radical (unpaired) electrons. The zero-order valence-corrected chi connectivity index (χ0v) is 10.4. The van der Waals surface area contributed by atoms with Crippen molar-refractivity contribution in [2.45, 2.75) is 39.8 Å². The number of aryl methyl sites for hydroxylation is 1. The second-order valence-electron chi connectivity index (χ2n) is 4.25. The molecule has 17 heavy (non-hydrogen) atoms. The van der Waals surface area contributed by atoms with Crippen LogP contribution in [0.15, 0.2) is 17.1 Å². The van der Waals surface area contributed by atoms with E-state index in [2.05, 4.69) is 0 Å². The number of pyridine rings is 1. The first-order chi connectivity index (χ1) is 7.82. The van der Waals surface area contributed by atoms with Crippen LogP contribution in [0.5, 0.6) is 5.75 Å². The van der Waals surface area contributed by atoms with Crippen LogP contribution in [-0.4, -0.2) is 21.7 Å². The summed E-state index contributed by atoms with van der Waals surface area (Å²) in [4.78, 5) is 22.5. The van der Waals surface area contributed by atoms with Crippen LogP contribution in [0.25, 0.3) is 0 Å². The van der Waals surface area contributed by atoms with E-state index < -0.39 is 12.0 Å². The molecule has 94 valence electrons. The van der Waals surface area contributed by atoms with Crippen LogP contribution in [-0.2, 0) is 4.79 Å². The molecule has 0 amide bonds. The third-order valence-corrected chi connectivity index (χ3v) is 2.38. The van der Waals surface area contributed by atoms with Crippen molar-refractivity contribution in [3.8, 4) is 5.75 Å². The molecular formula is C12H17NO4. The Hall–Kier alpha value is -1.78. The normalized spacial score (nSPS) is 12.5. The molecular weight excluding hydrogens is 222 g/mol. The summed E-state index contributed by atoms with van der Waals surface area (Å²) in [5.41, 5.74) is 0.367. The fraction of sp³-hybridized carbons (Fsp3) is 0.500. The predicted octanol–water partition coefficient (Wildman–Crippen LogP) is 1.59. The molecule has 1 rings (SSSR count). The van der Waals surface area contributed by atoms with E-state index in [0.717, 1.165) is 4.57 Å². The monoisotopic (exact) mass is 239 g/mol. The molecule has 1 aromatic heterocycles. The highest BCUT2D eigenvalue weighted by Crippen LogP contribution is 2.18. The number of hydrogen-bond acceptors (Lipinski definition) is 3.